The molecule has 0 aliphatic carbocycles. The van der Waals surface area contributed by atoms with E-state index in [4.69, 9.17) is 10.9 Å². The zero-order valence-corrected chi connectivity index (χ0v) is 10.5. The highest BCUT2D eigenvalue weighted by molar-refractivity contribution is 5.96. The summed E-state index contributed by atoms with van der Waals surface area (Å²) in [5.41, 5.74) is 6.44. The van der Waals surface area contributed by atoms with E-state index < -0.39 is 12.8 Å². The van der Waals surface area contributed by atoms with Crippen molar-refractivity contribution in [2.45, 2.75) is 12.7 Å². The number of halogens is 3. The number of nitrogens with two attached hydrogens (primary N) is 1. The number of amidine groups is 1. The van der Waals surface area contributed by atoms with Crippen LogP contribution in [0.5, 0.6) is 0 Å². The predicted molar refractivity (Wildman–Crippen MR) is 65.3 cm³/mol. The normalized spacial score (nSPS) is 12.7. The Labute approximate surface area is 113 Å². The van der Waals surface area contributed by atoms with Crippen molar-refractivity contribution < 1.29 is 23.1 Å². The highest BCUT2D eigenvalue weighted by atomic mass is 19.4. The van der Waals surface area contributed by atoms with Gasteiger partial charge in [0.2, 0.25) is 0 Å². The van der Waals surface area contributed by atoms with Gasteiger partial charge in [0, 0.05) is 19.3 Å². The van der Waals surface area contributed by atoms with Crippen molar-refractivity contribution in [2.24, 2.45) is 10.9 Å². The standard InChI is InChI=1S/C11H15F3N4O2/c12-11(13,14)7-20-5-4-16-6-8-2-1-3-17-9(8)10(15)18-19/h1-3,16,19H,4-7H2,(H2,15,18). The molecule has 0 aliphatic rings. The van der Waals surface area contributed by atoms with Crippen molar-refractivity contribution >= 4 is 5.84 Å². The second kappa shape index (κ2) is 7.65. The average Bonchev–Trinajstić information content (AvgIpc) is 2.41. The lowest BCUT2D eigenvalue weighted by atomic mass is 10.2. The van der Waals surface area contributed by atoms with Crippen LogP contribution < -0.4 is 11.1 Å². The maximum Gasteiger partial charge on any atom is 0.411 e. The van der Waals surface area contributed by atoms with E-state index in [1.54, 1.807) is 12.1 Å². The maximum atomic E-state index is 11.8. The molecular weight excluding hydrogens is 277 g/mol. The van der Waals surface area contributed by atoms with E-state index in [1.165, 1.54) is 6.20 Å². The molecule has 0 aliphatic heterocycles. The van der Waals surface area contributed by atoms with Crippen LogP contribution in [-0.2, 0) is 11.3 Å². The van der Waals surface area contributed by atoms with E-state index in [9.17, 15) is 13.2 Å². The topological polar surface area (TPSA) is 92.8 Å². The first-order valence-corrected chi connectivity index (χ1v) is 5.71. The Balaban J connectivity index is 2.36. The second-order valence-electron chi connectivity index (χ2n) is 3.84. The first-order chi connectivity index (χ1) is 9.44. The second-order valence-corrected chi connectivity index (χ2v) is 3.84. The molecule has 0 amide bonds. The highest BCUT2D eigenvalue weighted by Gasteiger charge is 2.27. The van der Waals surface area contributed by atoms with Crippen LogP contribution in [0.1, 0.15) is 11.3 Å². The van der Waals surface area contributed by atoms with Gasteiger partial charge in [0.05, 0.1) is 6.61 Å². The Morgan fingerprint density at radius 3 is 2.90 bits per heavy atom. The summed E-state index contributed by atoms with van der Waals surface area (Å²) in [7, 11) is 0. The molecule has 1 heterocycles. The fourth-order valence-corrected chi connectivity index (χ4v) is 1.41. The molecule has 0 saturated carbocycles. The molecule has 112 valence electrons. The van der Waals surface area contributed by atoms with E-state index in [2.05, 4.69) is 20.2 Å². The smallest absolute Gasteiger partial charge is 0.409 e. The summed E-state index contributed by atoms with van der Waals surface area (Å²) in [4.78, 5) is 3.96. The van der Waals surface area contributed by atoms with Crippen LogP contribution in [-0.4, -0.2) is 42.0 Å². The first kappa shape index (κ1) is 16.2. The number of nitrogens with one attached hydrogen (secondary N) is 1. The van der Waals surface area contributed by atoms with Crippen LogP contribution in [0.3, 0.4) is 0 Å². The molecular formula is C11H15F3N4O2. The Morgan fingerprint density at radius 2 is 2.25 bits per heavy atom. The molecule has 0 spiro atoms. The minimum Gasteiger partial charge on any atom is -0.409 e. The minimum absolute atomic E-state index is 0.0708. The molecule has 0 aromatic carbocycles. The zero-order chi connectivity index (χ0) is 15.0. The monoisotopic (exact) mass is 292 g/mol. The van der Waals surface area contributed by atoms with E-state index >= 15 is 0 Å². The molecule has 9 heteroatoms. The third-order valence-electron chi connectivity index (χ3n) is 2.25. The Morgan fingerprint density at radius 1 is 1.50 bits per heavy atom. The van der Waals surface area contributed by atoms with Crippen molar-refractivity contribution in [1.82, 2.24) is 10.3 Å². The number of hydrogen-bond donors (Lipinski definition) is 3. The number of oxime groups is 1. The Hall–Kier alpha value is -1.87. The number of rotatable bonds is 7. The predicted octanol–water partition coefficient (Wildman–Crippen LogP) is 0.845. The van der Waals surface area contributed by atoms with Crippen LogP contribution in [0.4, 0.5) is 13.2 Å². The molecule has 1 rings (SSSR count). The van der Waals surface area contributed by atoms with E-state index in [1.807, 2.05) is 0 Å². The van der Waals surface area contributed by atoms with Crippen molar-refractivity contribution in [1.29, 1.82) is 0 Å². The molecule has 0 radical (unpaired) electrons. The molecule has 20 heavy (non-hydrogen) atoms. The quantitative estimate of drug-likeness (QED) is 0.228. The van der Waals surface area contributed by atoms with Crippen LogP contribution >= 0.6 is 0 Å². The van der Waals surface area contributed by atoms with Crippen molar-refractivity contribution in [3.8, 4) is 0 Å². The summed E-state index contributed by atoms with van der Waals surface area (Å²) in [5, 5.41) is 14.3. The number of aromatic nitrogens is 1. The van der Waals surface area contributed by atoms with Crippen LogP contribution in [0, 0.1) is 0 Å². The van der Waals surface area contributed by atoms with Gasteiger partial charge in [-0.05, 0) is 11.6 Å². The van der Waals surface area contributed by atoms with E-state index in [-0.39, 0.29) is 19.0 Å². The van der Waals surface area contributed by atoms with Gasteiger partial charge in [-0.25, -0.2) is 0 Å². The molecule has 1 aromatic heterocycles. The van der Waals surface area contributed by atoms with E-state index in [0.717, 1.165) is 0 Å². The van der Waals surface area contributed by atoms with Gasteiger partial charge >= 0.3 is 6.18 Å². The lowest BCUT2D eigenvalue weighted by Gasteiger charge is -2.10. The Kier molecular flexibility index (Phi) is 6.19. The van der Waals surface area contributed by atoms with E-state index in [0.29, 0.717) is 17.8 Å². The van der Waals surface area contributed by atoms with Crippen LogP contribution in [0.2, 0.25) is 0 Å². The fourth-order valence-electron chi connectivity index (χ4n) is 1.41. The van der Waals surface area contributed by atoms with Crippen LogP contribution in [0.15, 0.2) is 23.5 Å². The molecule has 6 nitrogen and oxygen atoms in total. The summed E-state index contributed by atoms with van der Waals surface area (Å²) >= 11 is 0. The summed E-state index contributed by atoms with van der Waals surface area (Å²) in [6, 6.07) is 3.38. The fraction of sp³-hybridized carbons (Fsp3) is 0.455. The summed E-state index contributed by atoms with van der Waals surface area (Å²) in [6.07, 6.45) is -2.83. The summed E-state index contributed by atoms with van der Waals surface area (Å²) in [6.45, 7) is -0.787. The first-order valence-electron chi connectivity index (χ1n) is 5.71. The molecule has 1 aromatic rings. The van der Waals surface area contributed by atoms with Crippen molar-refractivity contribution in [2.75, 3.05) is 19.8 Å². The van der Waals surface area contributed by atoms with Gasteiger partial charge in [0.25, 0.3) is 0 Å². The SMILES string of the molecule is NC(=NO)c1ncccc1CNCCOCC(F)(F)F. The van der Waals surface area contributed by atoms with Gasteiger partial charge in [-0.2, -0.15) is 13.2 Å². The molecule has 4 N–H and O–H groups in total. The van der Waals surface area contributed by atoms with Gasteiger partial charge in [-0.3, -0.25) is 4.98 Å². The number of nitrogens with zero attached hydrogens (tertiary/aromatic N) is 2. The number of alkyl halides is 3. The Bertz CT molecular complexity index is 452. The van der Waals surface area contributed by atoms with Crippen LogP contribution in [0.25, 0.3) is 0 Å². The third-order valence-corrected chi connectivity index (χ3v) is 2.25. The molecule has 0 unspecified atom stereocenters. The number of hydrogen-bond acceptors (Lipinski definition) is 5. The maximum absolute atomic E-state index is 11.8. The third kappa shape index (κ3) is 5.85. The van der Waals surface area contributed by atoms with Gasteiger partial charge in [-0.15, -0.1) is 0 Å². The molecule has 0 saturated heterocycles. The van der Waals surface area contributed by atoms with Crippen molar-refractivity contribution in [3.63, 3.8) is 0 Å². The lowest BCUT2D eigenvalue weighted by molar-refractivity contribution is -0.173. The van der Waals surface area contributed by atoms with Gasteiger partial charge < -0.3 is 21.0 Å². The molecule has 0 atom stereocenters. The van der Waals surface area contributed by atoms with Gasteiger partial charge in [-0.1, -0.05) is 11.2 Å². The molecule has 0 fully saturated rings. The summed E-state index contributed by atoms with van der Waals surface area (Å²) < 4.78 is 39.9. The molecule has 0 bridgehead atoms. The van der Waals surface area contributed by atoms with Gasteiger partial charge in [0.1, 0.15) is 12.3 Å². The highest BCUT2D eigenvalue weighted by Crippen LogP contribution is 2.14. The average molecular weight is 292 g/mol. The lowest BCUT2D eigenvalue weighted by Crippen LogP contribution is -2.25. The number of ether oxygens (including phenoxy) is 1. The van der Waals surface area contributed by atoms with Gasteiger partial charge in [0.15, 0.2) is 5.84 Å². The number of pyridine rings is 1. The summed E-state index contributed by atoms with van der Waals surface area (Å²) in [5.74, 6) is -0.129. The minimum atomic E-state index is -4.32. The largest absolute Gasteiger partial charge is 0.411 e. The van der Waals surface area contributed by atoms with Crippen molar-refractivity contribution in [3.05, 3.63) is 29.6 Å². The zero-order valence-electron chi connectivity index (χ0n) is 10.5.